The molecule has 3 rings (SSSR count). The van der Waals surface area contributed by atoms with Gasteiger partial charge in [0.1, 0.15) is 17.4 Å². The second-order valence-corrected chi connectivity index (χ2v) is 5.42. The van der Waals surface area contributed by atoms with Gasteiger partial charge < -0.3 is 25.3 Å². The van der Waals surface area contributed by atoms with Crippen LogP contribution in [0.25, 0.3) is 0 Å². The summed E-state index contributed by atoms with van der Waals surface area (Å²) >= 11 is 0. The molecule has 2 aromatic rings. The SMILES string of the molecule is COc1cc([C@H]2C(C#N)=C(N)Oc3cc(C)[nH]c(=O)c32)ccc1O. The van der Waals surface area contributed by atoms with Gasteiger partial charge in [0.05, 0.1) is 18.6 Å². The molecule has 4 N–H and O–H groups in total. The molecule has 1 atom stereocenters. The molecule has 1 aliphatic rings. The molecule has 0 saturated carbocycles. The van der Waals surface area contributed by atoms with Crippen molar-refractivity contribution in [2.24, 2.45) is 5.73 Å². The van der Waals surface area contributed by atoms with Crippen molar-refractivity contribution in [3.05, 3.63) is 62.9 Å². The van der Waals surface area contributed by atoms with Gasteiger partial charge in [0.15, 0.2) is 11.5 Å². The number of hydrogen-bond donors (Lipinski definition) is 3. The number of pyridine rings is 1. The fraction of sp³-hybridized carbons (Fsp3) is 0.176. The molecule has 1 aromatic carbocycles. The number of phenols is 1. The van der Waals surface area contributed by atoms with Gasteiger partial charge in [-0.3, -0.25) is 4.79 Å². The molecule has 122 valence electrons. The Hall–Kier alpha value is -3.40. The number of nitrogens with zero attached hydrogens (tertiary/aromatic N) is 1. The van der Waals surface area contributed by atoms with E-state index in [0.717, 1.165) is 0 Å². The van der Waals surface area contributed by atoms with Crippen LogP contribution < -0.4 is 20.8 Å². The third-order valence-electron chi connectivity index (χ3n) is 3.89. The van der Waals surface area contributed by atoms with Crippen molar-refractivity contribution in [2.45, 2.75) is 12.8 Å². The van der Waals surface area contributed by atoms with E-state index < -0.39 is 5.92 Å². The maximum atomic E-state index is 12.5. The number of aromatic amines is 1. The number of allylic oxidation sites excluding steroid dienone is 1. The average Bonchev–Trinajstić information content (AvgIpc) is 2.53. The maximum Gasteiger partial charge on any atom is 0.256 e. The number of methoxy groups -OCH3 is 1. The number of aromatic hydroxyl groups is 1. The lowest BCUT2D eigenvalue weighted by atomic mass is 9.84. The predicted molar refractivity (Wildman–Crippen MR) is 85.8 cm³/mol. The van der Waals surface area contributed by atoms with Crippen LogP contribution in [0.5, 0.6) is 17.2 Å². The van der Waals surface area contributed by atoms with Crippen LogP contribution in [-0.4, -0.2) is 17.2 Å². The standard InChI is InChI=1S/C17H15N3O4/c1-8-5-13-15(17(22)20-8)14(10(7-18)16(19)24-13)9-3-4-11(21)12(6-9)23-2/h3-6,14,21H,19H2,1-2H3,(H,20,22)/t14-/m0/s1. The second kappa shape index (κ2) is 5.66. The summed E-state index contributed by atoms with van der Waals surface area (Å²) < 4.78 is 10.6. The molecule has 7 nitrogen and oxygen atoms in total. The number of rotatable bonds is 2. The van der Waals surface area contributed by atoms with Gasteiger partial charge in [-0.25, -0.2) is 0 Å². The first-order valence-corrected chi connectivity index (χ1v) is 7.14. The van der Waals surface area contributed by atoms with Crippen molar-refractivity contribution in [1.29, 1.82) is 5.26 Å². The molecule has 2 heterocycles. The van der Waals surface area contributed by atoms with E-state index in [9.17, 15) is 15.2 Å². The highest BCUT2D eigenvalue weighted by Crippen LogP contribution is 2.42. The van der Waals surface area contributed by atoms with E-state index >= 15 is 0 Å². The molecule has 0 fully saturated rings. The molecule has 0 aliphatic carbocycles. The van der Waals surface area contributed by atoms with E-state index in [4.69, 9.17) is 15.2 Å². The monoisotopic (exact) mass is 325 g/mol. The van der Waals surface area contributed by atoms with Gasteiger partial charge in [0, 0.05) is 11.8 Å². The zero-order chi connectivity index (χ0) is 17.4. The van der Waals surface area contributed by atoms with Gasteiger partial charge in [-0.15, -0.1) is 0 Å². The topological polar surface area (TPSA) is 121 Å². The zero-order valence-electron chi connectivity index (χ0n) is 13.1. The fourth-order valence-electron chi connectivity index (χ4n) is 2.81. The summed E-state index contributed by atoms with van der Waals surface area (Å²) in [6.07, 6.45) is 0. The summed E-state index contributed by atoms with van der Waals surface area (Å²) in [5, 5.41) is 19.3. The van der Waals surface area contributed by atoms with Gasteiger partial charge in [-0.1, -0.05) is 6.07 Å². The van der Waals surface area contributed by atoms with Gasteiger partial charge in [-0.2, -0.15) is 5.26 Å². The van der Waals surface area contributed by atoms with Crippen LogP contribution in [0.3, 0.4) is 0 Å². The number of hydrogen-bond acceptors (Lipinski definition) is 6. The van der Waals surface area contributed by atoms with Crippen LogP contribution in [0.1, 0.15) is 22.7 Å². The maximum absolute atomic E-state index is 12.5. The minimum Gasteiger partial charge on any atom is -0.504 e. The first-order chi connectivity index (χ1) is 11.5. The lowest BCUT2D eigenvalue weighted by molar-refractivity contribution is 0.372. The summed E-state index contributed by atoms with van der Waals surface area (Å²) in [5.74, 6) is -0.254. The van der Waals surface area contributed by atoms with Gasteiger partial charge in [0.25, 0.3) is 5.56 Å². The summed E-state index contributed by atoms with van der Waals surface area (Å²) in [7, 11) is 1.42. The molecule has 1 aliphatic heterocycles. The quantitative estimate of drug-likeness (QED) is 0.771. The minimum atomic E-state index is -0.711. The molecule has 7 heteroatoms. The third-order valence-corrected chi connectivity index (χ3v) is 3.89. The first kappa shape index (κ1) is 15.5. The van der Waals surface area contributed by atoms with Gasteiger partial charge >= 0.3 is 0 Å². The fourth-order valence-corrected chi connectivity index (χ4v) is 2.81. The number of H-pyrrole nitrogens is 1. The number of nitrogens with two attached hydrogens (primary N) is 1. The Morgan fingerprint density at radius 2 is 2.17 bits per heavy atom. The Labute approximate surface area is 137 Å². The normalized spacial score (nSPS) is 16.1. The molecule has 24 heavy (non-hydrogen) atoms. The molecule has 0 saturated heterocycles. The number of benzene rings is 1. The van der Waals surface area contributed by atoms with Crippen LogP contribution in [0.4, 0.5) is 0 Å². The average molecular weight is 325 g/mol. The van der Waals surface area contributed by atoms with E-state index in [0.29, 0.717) is 22.6 Å². The predicted octanol–water partition coefficient (Wildman–Crippen LogP) is 1.62. The number of nitriles is 1. The number of aryl methyl sites for hydroxylation is 1. The Morgan fingerprint density at radius 1 is 1.42 bits per heavy atom. The highest BCUT2D eigenvalue weighted by atomic mass is 16.5. The van der Waals surface area contributed by atoms with Crippen molar-refractivity contribution in [3.63, 3.8) is 0 Å². The summed E-state index contributed by atoms with van der Waals surface area (Å²) in [6.45, 7) is 1.73. The van der Waals surface area contributed by atoms with Crippen molar-refractivity contribution >= 4 is 0 Å². The van der Waals surface area contributed by atoms with Crippen LogP contribution in [0, 0.1) is 18.3 Å². The molecule has 0 bridgehead atoms. The van der Waals surface area contributed by atoms with Crippen molar-refractivity contribution < 1.29 is 14.6 Å². The number of ether oxygens (including phenoxy) is 2. The number of phenolic OH excluding ortho intramolecular Hbond substituents is 1. The van der Waals surface area contributed by atoms with Crippen molar-refractivity contribution in [2.75, 3.05) is 7.11 Å². The van der Waals surface area contributed by atoms with Crippen LogP contribution in [-0.2, 0) is 0 Å². The van der Waals surface area contributed by atoms with Crippen molar-refractivity contribution in [1.82, 2.24) is 4.98 Å². The van der Waals surface area contributed by atoms with E-state index in [1.54, 1.807) is 25.1 Å². The Bertz CT molecular complexity index is 953. The summed E-state index contributed by atoms with van der Waals surface area (Å²) in [5.41, 5.74) is 7.14. The molecule has 0 radical (unpaired) electrons. The van der Waals surface area contributed by atoms with E-state index in [1.807, 2.05) is 6.07 Å². The lowest BCUT2D eigenvalue weighted by Gasteiger charge is -2.26. The van der Waals surface area contributed by atoms with E-state index in [-0.39, 0.29) is 28.5 Å². The minimum absolute atomic E-state index is 0.0400. The van der Waals surface area contributed by atoms with Crippen LogP contribution in [0.15, 0.2) is 40.5 Å². The Kier molecular flexibility index (Phi) is 3.66. The molecule has 0 amide bonds. The highest BCUT2D eigenvalue weighted by Gasteiger charge is 2.33. The molecular formula is C17H15N3O4. The van der Waals surface area contributed by atoms with E-state index in [1.165, 1.54) is 13.2 Å². The van der Waals surface area contributed by atoms with E-state index in [2.05, 4.69) is 4.98 Å². The van der Waals surface area contributed by atoms with Crippen molar-refractivity contribution in [3.8, 4) is 23.3 Å². The third kappa shape index (κ3) is 2.34. The summed E-state index contributed by atoms with van der Waals surface area (Å²) in [4.78, 5) is 15.2. The number of nitrogens with one attached hydrogen (secondary N) is 1. The van der Waals surface area contributed by atoms with Gasteiger partial charge in [0.2, 0.25) is 5.88 Å². The summed E-state index contributed by atoms with van der Waals surface area (Å²) in [6, 6.07) is 8.29. The smallest absolute Gasteiger partial charge is 0.256 e. The Morgan fingerprint density at radius 3 is 2.83 bits per heavy atom. The highest BCUT2D eigenvalue weighted by molar-refractivity contribution is 5.57. The first-order valence-electron chi connectivity index (χ1n) is 7.14. The zero-order valence-corrected chi connectivity index (χ0v) is 13.1. The molecular weight excluding hydrogens is 310 g/mol. The number of fused-ring (bicyclic) bond motifs is 1. The van der Waals surface area contributed by atoms with Crippen LogP contribution >= 0.6 is 0 Å². The number of aromatic nitrogens is 1. The largest absolute Gasteiger partial charge is 0.504 e. The molecule has 1 aromatic heterocycles. The molecule has 0 spiro atoms. The second-order valence-electron chi connectivity index (χ2n) is 5.42. The lowest BCUT2D eigenvalue weighted by Crippen LogP contribution is -2.28. The van der Waals surface area contributed by atoms with Crippen LogP contribution in [0.2, 0.25) is 0 Å². The molecule has 0 unspecified atom stereocenters. The van der Waals surface area contributed by atoms with Gasteiger partial charge in [-0.05, 0) is 24.6 Å². The Balaban J connectivity index is 2.30.